The first kappa shape index (κ1) is 16.4. The fourth-order valence-electron chi connectivity index (χ4n) is 2.68. The second-order valence-electron chi connectivity index (χ2n) is 5.68. The molecular weight excluding hydrogens is 286 g/mol. The van der Waals surface area contributed by atoms with E-state index in [1.807, 2.05) is 24.3 Å². The van der Waals surface area contributed by atoms with Crippen LogP contribution in [0.15, 0.2) is 24.3 Å². The molecule has 1 atom stereocenters. The normalized spacial score (nSPS) is 21.6. The summed E-state index contributed by atoms with van der Waals surface area (Å²) >= 11 is 0. The first-order valence-electron chi connectivity index (χ1n) is 7.42. The highest BCUT2D eigenvalue weighted by Crippen LogP contribution is 2.18. The third-order valence-corrected chi connectivity index (χ3v) is 6.03. The van der Waals surface area contributed by atoms with E-state index in [1.54, 1.807) is 4.31 Å². The van der Waals surface area contributed by atoms with Crippen LogP contribution in [0, 0.1) is 0 Å². The minimum absolute atomic E-state index is 0.0675. The van der Waals surface area contributed by atoms with Crippen molar-refractivity contribution in [2.45, 2.75) is 31.7 Å². The monoisotopic (exact) mass is 311 g/mol. The lowest BCUT2D eigenvalue weighted by atomic mass is 10.1. The quantitative estimate of drug-likeness (QED) is 0.881. The van der Waals surface area contributed by atoms with Crippen LogP contribution < -0.4 is 5.73 Å². The van der Waals surface area contributed by atoms with E-state index in [-0.39, 0.29) is 5.75 Å². The molecule has 0 spiro atoms. The van der Waals surface area contributed by atoms with Gasteiger partial charge in [-0.25, -0.2) is 8.42 Å². The minimum Gasteiger partial charge on any atom is -0.326 e. The van der Waals surface area contributed by atoms with Crippen molar-refractivity contribution in [3.05, 3.63) is 35.4 Å². The summed E-state index contributed by atoms with van der Waals surface area (Å²) in [5.74, 6) is 0.0675. The number of nitrogens with two attached hydrogens (primary N) is 1. The Balaban J connectivity index is 2.07. The van der Waals surface area contributed by atoms with Gasteiger partial charge in [-0.2, -0.15) is 4.31 Å². The summed E-state index contributed by atoms with van der Waals surface area (Å²) in [5.41, 5.74) is 7.39. The molecule has 0 aliphatic carbocycles. The molecule has 0 aromatic heterocycles. The van der Waals surface area contributed by atoms with E-state index in [0.29, 0.717) is 25.7 Å². The van der Waals surface area contributed by atoms with Crippen LogP contribution in [0.3, 0.4) is 0 Å². The predicted molar refractivity (Wildman–Crippen MR) is 85.2 cm³/mol. The molecular formula is C15H25N3O2S. The van der Waals surface area contributed by atoms with Gasteiger partial charge in [0.25, 0.3) is 0 Å². The highest BCUT2D eigenvalue weighted by molar-refractivity contribution is 7.88. The molecule has 0 radical (unpaired) electrons. The van der Waals surface area contributed by atoms with Gasteiger partial charge < -0.3 is 10.6 Å². The highest BCUT2D eigenvalue weighted by Gasteiger charge is 2.30. The Morgan fingerprint density at radius 3 is 2.38 bits per heavy atom. The van der Waals surface area contributed by atoms with Crippen LogP contribution in [0.1, 0.15) is 24.5 Å². The summed E-state index contributed by atoms with van der Waals surface area (Å²) in [6.45, 7) is 4.54. The van der Waals surface area contributed by atoms with Crippen molar-refractivity contribution >= 4 is 10.0 Å². The molecule has 0 amide bonds. The average Bonchev–Trinajstić information content (AvgIpc) is 2.48. The van der Waals surface area contributed by atoms with Crippen LogP contribution in [0.25, 0.3) is 0 Å². The van der Waals surface area contributed by atoms with Gasteiger partial charge in [0.1, 0.15) is 0 Å². The zero-order valence-electron chi connectivity index (χ0n) is 12.8. The Morgan fingerprint density at radius 2 is 1.81 bits per heavy atom. The van der Waals surface area contributed by atoms with Gasteiger partial charge in [0, 0.05) is 32.2 Å². The van der Waals surface area contributed by atoms with E-state index in [0.717, 1.165) is 24.1 Å². The number of hydrogen-bond donors (Lipinski definition) is 1. The molecule has 1 heterocycles. The van der Waals surface area contributed by atoms with Gasteiger partial charge in [-0.05, 0) is 24.6 Å². The summed E-state index contributed by atoms with van der Waals surface area (Å²) in [6, 6.07) is 7.81. The third-order valence-electron chi connectivity index (χ3n) is 4.21. The highest BCUT2D eigenvalue weighted by atomic mass is 32.2. The van der Waals surface area contributed by atoms with Gasteiger partial charge >= 0.3 is 0 Å². The van der Waals surface area contributed by atoms with Crippen LogP contribution in [-0.2, 0) is 22.3 Å². The van der Waals surface area contributed by atoms with E-state index in [4.69, 9.17) is 5.73 Å². The van der Waals surface area contributed by atoms with E-state index in [1.165, 1.54) is 0 Å². The van der Waals surface area contributed by atoms with Gasteiger partial charge in [-0.1, -0.05) is 31.2 Å². The molecule has 1 aliphatic heterocycles. The Labute approximate surface area is 127 Å². The van der Waals surface area contributed by atoms with Crippen LogP contribution in [0.2, 0.25) is 0 Å². The molecule has 2 rings (SSSR count). The Hall–Kier alpha value is -0.950. The maximum Gasteiger partial charge on any atom is 0.218 e. The average molecular weight is 311 g/mol. The summed E-state index contributed by atoms with van der Waals surface area (Å²) in [4.78, 5) is 2.24. The molecule has 1 aliphatic rings. The molecule has 118 valence electrons. The summed E-state index contributed by atoms with van der Waals surface area (Å²) in [6.07, 6.45) is 0.966. The molecule has 1 unspecified atom stereocenters. The predicted octanol–water partition coefficient (Wildman–Crippen LogP) is 1.00. The summed E-state index contributed by atoms with van der Waals surface area (Å²) in [7, 11) is -1.19. The van der Waals surface area contributed by atoms with Gasteiger partial charge in [0.2, 0.25) is 10.0 Å². The molecule has 0 bridgehead atoms. The lowest BCUT2D eigenvalue weighted by Crippen LogP contribution is -2.53. The van der Waals surface area contributed by atoms with Gasteiger partial charge in [-0.15, -0.1) is 0 Å². The first-order chi connectivity index (χ1) is 9.96. The maximum absolute atomic E-state index is 12.6. The fourth-order valence-corrected chi connectivity index (χ4v) is 4.24. The number of nitrogens with zero attached hydrogens (tertiary/aromatic N) is 2. The number of piperazine rings is 1. The molecule has 1 fully saturated rings. The standard InChI is InChI=1S/C15H25N3O2S/c1-3-15-11-18(9-8-17(15)2)21(19,20)12-14-6-4-13(10-16)5-7-14/h4-7,15H,3,8-12,16H2,1-2H3. The van der Waals surface area contributed by atoms with E-state index < -0.39 is 10.0 Å². The number of hydrogen-bond acceptors (Lipinski definition) is 4. The van der Waals surface area contributed by atoms with Crippen molar-refractivity contribution < 1.29 is 8.42 Å². The van der Waals surface area contributed by atoms with E-state index in [2.05, 4.69) is 18.9 Å². The zero-order valence-corrected chi connectivity index (χ0v) is 13.6. The smallest absolute Gasteiger partial charge is 0.218 e. The second kappa shape index (κ2) is 6.87. The van der Waals surface area contributed by atoms with Gasteiger partial charge in [-0.3, -0.25) is 0 Å². The molecule has 2 N–H and O–H groups in total. The molecule has 6 heteroatoms. The fraction of sp³-hybridized carbons (Fsp3) is 0.600. The Bertz CT molecular complexity index is 557. The maximum atomic E-state index is 12.6. The molecule has 1 saturated heterocycles. The van der Waals surface area contributed by atoms with Crippen LogP contribution in [0.4, 0.5) is 0 Å². The van der Waals surface area contributed by atoms with Crippen molar-refractivity contribution in [1.29, 1.82) is 0 Å². The molecule has 0 saturated carbocycles. The number of rotatable bonds is 5. The molecule has 21 heavy (non-hydrogen) atoms. The van der Waals surface area contributed by atoms with Crippen molar-refractivity contribution in [2.75, 3.05) is 26.7 Å². The summed E-state index contributed by atoms with van der Waals surface area (Å²) in [5, 5.41) is 0. The molecule has 5 nitrogen and oxygen atoms in total. The lowest BCUT2D eigenvalue weighted by molar-refractivity contribution is 0.144. The van der Waals surface area contributed by atoms with Crippen molar-refractivity contribution in [3.63, 3.8) is 0 Å². The van der Waals surface area contributed by atoms with Gasteiger partial charge in [0.15, 0.2) is 0 Å². The Kier molecular flexibility index (Phi) is 5.37. The third kappa shape index (κ3) is 4.03. The minimum atomic E-state index is -3.25. The van der Waals surface area contributed by atoms with Crippen molar-refractivity contribution in [1.82, 2.24) is 9.21 Å². The first-order valence-corrected chi connectivity index (χ1v) is 9.03. The topological polar surface area (TPSA) is 66.6 Å². The van der Waals surface area contributed by atoms with Crippen LogP contribution in [-0.4, -0.2) is 50.3 Å². The second-order valence-corrected chi connectivity index (χ2v) is 7.65. The lowest BCUT2D eigenvalue weighted by Gasteiger charge is -2.38. The van der Waals surface area contributed by atoms with E-state index in [9.17, 15) is 8.42 Å². The number of likely N-dealkylation sites (N-methyl/N-ethyl adjacent to an activating group) is 1. The SMILES string of the molecule is CCC1CN(S(=O)(=O)Cc2ccc(CN)cc2)CCN1C. The van der Waals surface area contributed by atoms with Crippen molar-refractivity contribution in [3.8, 4) is 0 Å². The largest absolute Gasteiger partial charge is 0.326 e. The van der Waals surface area contributed by atoms with E-state index >= 15 is 0 Å². The molecule has 1 aromatic rings. The number of sulfonamides is 1. The van der Waals surface area contributed by atoms with Gasteiger partial charge in [0.05, 0.1) is 5.75 Å². The summed E-state index contributed by atoms with van der Waals surface area (Å²) < 4.78 is 26.8. The molecule has 1 aromatic carbocycles. The Morgan fingerprint density at radius 1 is 1.19 bits per heavy atom. The number of benzene rings is 1. The van der Waals surface area contributed by atoms with Crippen LogP contribution in [0.5, 0.6) is 0 Å². The van der Waals surface area contributed by atoms with Crippen molar-refractivity contribution in [2.24, 2.45) is 5.73 Å². The zero-order chi connectivity index (χ0) is 15.5. The van der Waals surface area contributed by atoms with Crippen LogP contribution >= 0.6 is 0 Å².